The fourth-order valence-electron chi connectivity index (χ4n) is 3.37. The Morgan fingerprint density at radius 2 is 1.90 bits per heavy atom. The molecule has 1 atom stereocenters. The van der Waals surface area contributed by atoms with Crippen LogP contribution < -0.4 is 16.4 Å². The zero-order chi connectivity index (χ0) is 21.5. The highest BCUT2D eigenvalue weighted by atomic mass is 35.5. The molecule has 0 aromatic heterocycles. The predicted octanol–water partition coefficient (Wildman–Crippen LogP) is 5.08. The number of carbonyl (C=O) groups excluding carboxylic acids is 1. The molecule has 2 aromatic carbocycles. The Labute approximate surface area is 180 Å². The first-order valence-electron chi connectivity index (χ1n) is 9.60. The summed E-state index contributed by atoms with van der Waals surface area (Å²) in [5, 5.41) is 16.0. The van der Waals surface area contributed by atoms with Gasteiger partial charge in [0.15, 0.2) is 0 Å². The Morgan fingerprint density at radius 1 is 1.20 bits per heavy atom. The summed E-state index contributed by atoms with van der Waals surface area (Å²) in [6.45, 7) is 2.01. The number of allylic oxidation sites excluding steroid dienone is 2. The lowest BCUT2D eigenvalue weighted by molar-refractivity contribution is 0.256. The first-order valence-corrected chi connectivity index (χ1v) is 9.98. The third kappa shape index (κ3) is 4.53. The third-order valence-electron chi connectivity index (χ3n) is 4.70. The van der Waals surface area contributed by atoms with E-state index in [1.807, 2.05) is 43.3 Å². The van der Waals surface area contributed by atoms with Gasteiger partial charge in [-0.1, -0.05) is 61.3 Å². The summed E-state index contributed by atoms with van der Waals surface area (Å²) in [5.41, 5.74) is 8.94. The number of carbonyl (C=O) groups is 1. The van der Waals surface area contributed by atoms with Crippen molar-refractivity contribution >= 4 is 29.2 Å². The number of nitriles is 1. The number of para-hydroxylation sites is 1. The largest absolute Gasteiger partial charge is 0.404 e. The molecule has 0 saturated carbocycles. The molecule has 0 radical (unpaired) electrons. The van der Waals surface area contributed by atoms with Gasteiger partial charge in [0.1, 0.15) is 5.84 Å². The van der Waals surface area contributed by atoms with E-state index in [0.29, 0.717) is 39.8 Å². The van der Waals surface area contributed by atoms with Crippen LogP contribution in [0.5, 0.6) is 0 Å². The van der Waals surface area contributed by atoms with Crippen molar-refractivity contribution < 1.29 is 4.79 Å². The van der Waals surface area contributed by atoms with Gasteiger partial charge in [0.25, 0.3) is 0 Å². The predicted molar refractivity (Wildman–Crippen MR) is 120 cm³/mol. The van der Waals surface area contributed by atoms with Gasteiger partial charge in [0, 0.05) is 22.5 Å². The molecule has 6 nitrogen and oxygen atoms in total. The number of halogens is 1. The number of anilines is 1. The third-order valence-corrected chi connectivity index (χ3v) is 5.04. The van der Waals surface area contributed by atoms with Crippen molar-refractivity contribution in [1.29, 1.82) is 5.26 Å². The quantitative estimate of drug-likeness (QED) is 0.643. The lowest BCUT2D eigenvalue weighted by atomic mass is 9.81. The second-order valence-corrected chi connectivity index (χ2v) is 7.11. The van der Waals surface area contributed by atoms with Crippen LogP contribution in [-0.4, -0.2) is 11.9 Å². The summed E-state index contributed by atoms with van der Waals surface area (Å²) in [6.07, 6.45) is 2.76. The number of hydrogen-bond donors (Lipinski definition) is 3. The van der Waals surface area contributed by atoms with E-state index in [9.17, 15) is 10.1 Å². The minimum Gasteiger partial charge on any atom is -0.404 e. The molecule has 30 heavy (non-hydrogen) atoms. The highest BCUT2D eigenvalue weighted by Gasteiger charge is 2.33. The maximum atomic E-state index is 12.6. The van der Waals surface area contributed by atoms with Gasteiger partial charge in [-0.3, -0.25) is 5.32 Å². The Balaban J connectivity index is 2.01. The van der Waals surface area contributed by atoms with Crippen LogP contribution in [0.3, 0.4) is 0 Å². The second kappa shape index (κ2) is 9.77. The summed E-state index contributed by atoms with van der Waals surface area (Å²) in [4.78, 5) is 17.2. The van der Waals surface area contributed by atoms with Crippen molar-refractivity contribution in [3.05, 3.63) is 88.2 Å². The van der Waals surface area contributed by atoms with E-state index in [-0.39, 0.29) is 0 Å². The van der Waals surface area contributed by atoms with E-state index in [1.54, 1.807) is 18.2 Å². The van der Waals surface area contributed by atoms with E-state index < -0.39 is 11.9 Å². The van der Waals surface area contributed by atoms with E-state index in [2.05, 4.69) is 21.7 Å². The molecule has 0 fully saturated rings. The summed E-state index contributed by atoms with van der Waals surface area (Å²) < 4.78 is 0. The lowest BCUT2D eigenvalue weighted by Gasteiger charge is -2.28. The maximum Gasteiger partial charge on any atom is 0.324 e. The zero-order valence-corrected chi connectivity index (χ0v) is 17.3. The van der Waals surface area contributed by atoms with Gasteiger partial charge in [-0.2, -0.15) is 5.26 Å². The summed E-state index contributed by atoms with van der Waals surface area (Å²) in [6, 6.07) is 18.2. The van der Waals surface area contributed by atoms with Crippen LogP contribution in [-0.2, 0) is 0 Å². The topological polar surface area (TPSA) is 103 Å². The van der Waals surface area contributed by atoms with Crippen molar-refractivity contribution in [2.75, 3.05) is 5.32 Å². The normalized spacial score (nSPS) is 17.3. The second-order valence-electron chi connectivity index (χ2n) is 6.70. The van der Waals surface area contributed by atoms with Crippen LogP contribution in [0.2, 0.25) is 5.02 Å². The smallest absolute Gasteiger partial charge is 0.324 e. The molecule has 3 rings (SSSR count). The van der Waals surface area contributed by atoms with Gasteiger partial charge in [-0.15, -0.1) is 0 Å². The molecule has 1 aliphatic rings. The molecule has 0 saturated heterocycles. The van der Waals surface area contributed by atoms with Crippen molar-refractivity contribution in [2.45, 2.75) is 25.7 Å². The number of urea groups is 1. The number of benzene rings is 2. The SMILES string of the molecule is CCCC1=C(C#N)C(c2ccccc2Cl)C(=CN)C(NC(=O)Nc2ccccc2)=N1. The van der Waals surface area contributed by atoms with E-state index in [4.69, 9.17) is 17.3 Å². The fourth-order valence-corrected chi connectivity index (χ4v) is 3.62. The molecular formula is C23H22ClN5O. The van der Waals surface area contributed by atoms with Crippen molar-refractivity contribution in [1.82, 2.24) is 5.32 Å². The van der Waals surface area contributed by atoms with E-state index in [0.717, 1.165) is 12.0 Å². The first kappa shape index (κ1) is 21.2. The number of amidine groups is 1. The minimum atomic E-state index is -0.514. The van der Waals surface area contributed by atoms with E-state index >= 15 is 0 Å². The Morgan fingerprint density at radius 3 is 2.53 bits per heavy atom. The fraction of sp³-hybridized carbons (Fsp3) is 0.174. The molecule has 2 amide bonds. The number of rotatable bonds is 4. The Hall–Kier alpha value is -3.56. The van der Waals surface area contributed by atoms with Crippen molar-refractivity contribution in [2.24, 2.45) is 10.7 Å². The molecule has 0 spiro atoms. The molecule has 0 aliphatic carbocycles. The number of hydrogen-bond acceptors (Lipinski definition) is 4. The number of aliphatic imine (C=N–C) groups is 1. The highest BCUT2D eigenvalue weighted by Crippen LogP contribution is 2.41. The van der Waals surface area contributed by atoms with Crippen LogP contribution in [0.25, 0.3) is 0 Å². The monoisotopic (exact) mass is 419 g/mol. The number of nitrogens with one attached hydrogen (secondary N) is 2. The maximum absolute atomic E-state index is 12.6. The highest BCUT2D eigenvalue weighted by molar-refractivity contribution is 6.31. The van der Waals surface area contributed by atoms with Gasteiger partial charge in [-0.05, 0) is 30.2 Å². The van der Waals surface area contributed by atoms with Gasteiger partial charge in [0.2, 0.25) is 0 Å². The molecule has 1 unspecified atom stereocenters. The summed E-state index contributed by atoms with van der Waals surface area (Å²) >= 11 is 6.45. The van der Waals surface area contributed by atoms with Crippen molar-refractivity contribution in [3.63, 3.8) is 0 Å². The van der Waals surface area contributed by atoms with Gasteiger partial charge in [-0.25, -0.2) is 9.79 Å². The van der Waals surface area contributed by atoms with Crippen LogP contribution >= 0.6 is 11.6 Å². The summed E-state index contributed by atoms with van der Waals surface area (Å²) in [7, 11) is 0. The molecule has 1 aliphatic heterocycles. The molecule has 0 bridgehead atoms. The zero-order valence-electron chi connectivity index (χ0n) is 16.5. The first-order chi connectivity index (χ1) is 14.6. The Bertz CT molecular complexity index is 1070. The van der Waals surface area contributed by atoms with Crippen LogP contribution in [0.15, 0.2) is 82.6 Å². The average Bonchev–Trinajstić information content (AvgIpc) is 2.74. The average molecular weight is 420 g/mol. The van der Waals surface area contributed by atoms with Gasteiger partial charge >= 0.3 is 6.03 Å². The number of nitrogens with zero attached hydrogens (tertiary/aromatic N) is 2. The van der Waals surface area contributed by atoms with Crippen molar-refractivity contribution in [3.8, 4) is 6.07 Å². The minimum absolute atomic E-state index is 0.304. The molecule has 1 heterocycles. The molecule has 4 N–H and O–H groups in total. The van der Waals surface area contributed by atoms with Crippen LogP contribution in [0.4, 0.5) is 10.5 Å². The Kier molecular flexibility index (Phi) is 6.89. The molecule has 2 aromatic rings. The van der Waals surface area contributed by atoms with Gasteiger partial charge < -0.3 is 11.1 Å². The van der Waals surface area contributed by atoms with Crippen LogP contribution in [0, 0.1) is 11.3 Å². The van der Waals surface area contributed by atoms with Gasteiger partial charge in [0.05, 0.1) is 23.3 Å². The van der Waals surface area contributed by atoms with Crippen LogP contribution in [0.1, 0.15) is 31.2 Å². The number of amides is 2. The lowest BCUT2D eigenvalue weighted by Crippen LogP contribution is -2.39. The standard InChI is InChI=1S/C23H22ClN5O/c1-2-8-20-17(13-25)21(16-11-6-7-12-19(16)24)18(14-26)22(28-20)29-23(30)27-15-9-4-3-5-10-15/h3-7,9-12,14,21H,2,8,26H2,1H3,(H2,27,28,29,30). The molecule has 7 heteroatoms. The molecule has 152 valence electrons. The number of nitrogens with two attached hydrogens (primary N) is 1. The summed E-state index contributed by atoms with van der Waals surface area (Å²) in [5.74, 6) is -0.210. The van der Waals surface area contributed by atoms with E-state index in [1.165, 1.54) is 6.20 Å². The molecular weight excluding hydrogens is 398 g/mol.